The predicted molar refractivity (Wildman–Crippen MR) is 113 cm³/mol. The van der Waals surface area contributed by atoms with Crippen LogP contribution >= 0.6 is 23.4 Å². The van der Waals surface area contributed by atoms with Crippen LogP contribution in [0.4, 0.5) is 0 Å². The van der Waals surface area contributed by atoms with E-state index in [1.807, 2.05) is 74.5 Å². The van der Waals surface area contributed by atoms with Gasteiger partial charge in [0.1, 0.15) is 0 Å². The summed E-state index contributed by atoms with van der Waals surface area (Å²) in [6.45, 7) is 4.02. The van der Waals surface area contributed by atoms with Crippen molar-refractivity contribution in [2.45, 2.75) is 18.7 Å². The number of thioether (sulfide) groups is 1. The van der Waals surface area contributed by atoms with Gasteiger partial charge in [0.25, 0.3) is 0 Å². The van der Waals surface area contributed by atoms with Crippen LogP contribution in [0.5, 0.6) is 0 Å². The van der Waals surface area contributed by atoms with Gasteiger partial charge in [-0.25, -0.2) is 5.43 Å². The minimum Gasteiger partial charge on any atom is -0.316 e. The average Bonchev–Trinajstić information content (AvgIpc) is 2.95. The Labute approximate surface area is 168 Å². The number of nitrogens with one attached hydrogen (secondary N) is 1. The van der Waals surface area contributed by atoms with Crippen molar-refractivity contribution in [2.24, 2.45) is 5.10 Å². The van der Waals surface area contributed by atoms with Crippen LogP contribution in [0.2, 0.25) is 5.02 Å². The third-order valence-corrected chi connectivity index (χ3v) is 5.40. The summed E-state index contributed by atoms with van der Waals surface area (Å²) in [7, 11) is 0. The Kier molecular flexibility index (Phi) is 6.37. The zero-order valence-corrected chi connectivity index (χ0v) is 16.7. The van der Waals surface area contributed by atoms with Gasteiger partial charge >= 0.3 is 0 Å². The fourth-order valence-corrected chi connectivity index (χ4v) is 3.73. The van der Waals surface area contributed by atoms with E-state index in [2.05, 4.69) is 15.1 Å². The van der Waals surface area contributed by atoms with Gasteiger partial charge in [-0.15, -0.1) is 11.8 Å². The number of hydrogen-bond acceptors (Lipinski definition) is 3. The van der Waals surface area contributed by atoms with Crippen LogP contribution in [0, 0.1) is 13.8 Å². The lowest BCUT2D eigenvalue weighted by Crippen LogP contribution is -2.19. The molecule has 0 aliphatic carbocycles. The molecule has 0 saturated carbocycles. The average molecular weight is 398 g/mol. The van der Waals surface area contributed by atoms with Gasteiger partial charge in [-0.3, -0.25) is 4.79 Å². The van der Waals surface area contributed by atoms with Gasteiger partial charge in [0.05, 0.1) is 22.7 Å². The molecule has 0 radical (unpaired) electrons. The second-order valence-electron chi connectivity index (χ2n) is 6.01. The first-order chi connectivity index (χ1) is 13.1. The van der Waals surface area contributed by atoms with Gasteiger partial charge < -0.3 is 4.57 Å². The number of aromatic nitrogens is 1. The van der Waals surface area contributed by atoms with Gasteiger partial charge in [0, 0.05) is 21.8 Å². The molecule has 0 atom stereocenters. The number of carbonyl (C=O) groups excluding carboxylic acids is 1. The van der Waals surface area contributed by atoms with Crippen LogP contribution in [-0.2, 0) is 4.79 Å². The number of nitrogens with zero attached hydrogens (tertiary/aromatic N) is 2. The maximum atomic E-state index is 12.0. The summed E-state index contributed by atoms with van der Waals surface area (Å²) in [6.07, 6.45) is 1.67. The topological polar surface area (TPSA) is 46.4 Å². The molecular weight excluding hydrogens is 378 g/mol. The van der Waals surface area contributed by atoms with E-state index in [0.29, 0.717) is 10.8 Å². The largest absolute Gasteiger partial charge is 0.316 e. The van der Waals surface area contributed by atoms with Gasteiger partial charge in [0.2, 0.25) is 5.91 Å². The van der Waals surface area contributed by atoms with Crippen molar-refractivity contribution in [1.82, 2.24) is 9.99 Å². The number of para-hydroxylation sites is 1. The van der Waals surface area contributed by atoms with E-state index >= 15 is 0 Å². The number of benzene rings is 2. The number of aryl methyl sites for hydroxylation is 1. The molecule has 3 aromatic rings. The summed E-state index contributed by atoms with van der Waals surface area (Å²) < 4.78 is 2.08. The molecule has 1 heterocycles. The molecule has 1 aromatic heterocycles. The molecule has 2 aromatic carbocycles. The zero-order valence-electron chi connectivity index (χ0n) is 15.1. The summed E-state index contributed by atoms with van der Waals surface area (Å²) in [5, 5.41) is 4.79. The molecule has 3 rings (SSSR count). The van der Waals surface area contributed by atoms with Gasteiger partial charge in [0.15, 0.2) is 0 Å². The van der Waals surface area contributed by atoms with Crippen LogP contribution < -0.4 is 5.43 Å². The van der Waals surface area contributed by atoms with Crippen LogP contribution in [0.3, 0.4) is 0 Å². The maximum absolute atomic E-state index is 12.0. The Balaban J connectivity index is 1.65. The standard InChI is InChI=1S/C21H20ClN3OS/c1-15-12-17(16(2)25(15)20-11-7-6-10-19(20)22)13-23-24-21(26)14-27-18-8-4-3-5-9-18/h3-13H,14H2,1-2H3,(H,24,26)/b23-13+. The van der Waals surface area contributed by atoms with Gasteiger partial charge in [-0.05, 0) is 44.2 Å². The van der Waals surface area contributed by atoms with Crippen molar-refractivity contribution in [2.75, 3.05) is 5.75 Å². The molecule has 0 saturated heterocycles. The van der Waals surface area contributed by atoms with E-state index in [0.717, 1.165) is 27.5 Å². The molecule has 27 heavy (non-hydrogen) atoms. The molecule has 0 unspecified atom stereocenters. The highest BCUT2D eigenvalue weighted by Gasteiger charge is 2.11. The SMILES string of the molecule is Cc1cc(/C=N/NC(=O)CSc2ccccc2)c(C)n1-c1ccccc1Cl. The van der Waals surface area contributed by atoms with Crippen molar-refractivity contribution in [3.05, 3.63) is 82.6 Å². The minimum atomic E-state index is -0.139. The molecule has 1 N–H and O–H groups in total. The highest BCUT2D eigenvalue weighted by molar-refractivity contribution is 8.00. The Morgan fingerprint density at radius 3 is 2.59 bits per heavy atom. The van der Waals surface area contributed by atoms with Crippen LogP contribution in [0.15, 0.2) is 70.7 Å². The molecular formula is C21H20ClN3OS. The lowest BCUT2D eigenvalue weighted by molar-refractivity contribution is -0.118. The molecule has 0 bridgehead atoms. The number of hydrazone groups is 1. The summed E-state index contributed by atoms with van der Waals surface area (Å²) >= 11 is 7.81. The van der Waals surface area contributed by atoms with E-state index in [1.54, 1.807) is 6.21 Å². The first-order valence-electron chi connectivity index (χ1n) is 8.50. The fourth-order valence-electron chi connectivity index (χ4n) is 2.79. The predicted octanol–water partition coefficient (Wildman–Crippen LogP) is 4.99. The van der Waals surface area contributed by atoms with E-state index in [1.165, 1.54) is 11.8 Å². The Morgan fingerprint density at radius 1 is 1.15 bits per heavy atom. The molecule has 6 heteroatoms. The Bertz CT molecular complexity index is 967. The summed E-state index contributed by atoms with van der Waals surface area (Å²) in [5.74, 6) is 0.181. The highest BCUT2D eigenvalue weighted by atomic mass is 35.5. The molecule has 138 valence electrons. The van der Waals surface area contributed by atoms with Crippen molar-refractivity contribution in [3.63, 3.8) is 0 Å². The number of amides is 1. The smallest absolute Gasteiger partial charge is 0.250 e. The number of rotatable bonds is 6. The van der Waals surface area contributed by atoms with Gasteiger partial charge in [-0.1, -0.05) is 41.9 Å². The van der Waals surface area contributed by atoms with Crippen molar-refractivity contribution >= 4 is 35.5 Å². The molecule has 0 fully saturated rings. The summed E-state index contributed by atoms with van der Waals surface area (Å²) in [4.78, 5) is 13.0. The van der Waals surface area contributed by atoms with E-state index in [-0.39, 0.29) is 5.91 Å². The van der Waals surface area contributed by atoms with Crippen molar-refractivity contribution in [3.8, 4) is 5.69 Å². The van der Waals surface area contributed by atoms with Crippen LogP contribution in [-0.4, -0.2) is 22.4 Å². The minimum absolute atomic E-state index is 0.139. The number of hydrogen-bond donors (Lipinski definition) is 1. The molecule has 4 nitrogen and oxygen atoms in total. The Hall–Kier alpha value is -2.50. The zero-order chi connectivity index (χ0) is 19.2. The quantitative estimate of drug-likeness (QED) is 0.362. The van der Waals surface area contributed by atoms with E-state index < -0.39 is 0 Å². The molecule has 0 aliphatic rings. The maximum Gasteiger partial charge on any atom is 0.250 e. The first-order valence-corrected chi connectivity index (χ1v) is 9.86. The third kappa shape index (κ3) is 4.81. The summed E-state index contributed by atoms with van der Waals surface area (Å²) in [6, 6.07) is 19.5. The monoisotopic (exact) mass is 397 g/mol. The molecule has 0 spiro atoms. The number of halogens is 1. The van der Waals surface area contributed by atoms with E-state index in [4.69, 9.17) is 11.6 Å². The van der Waals surface area contributed by atoms with Crippen molar-refractivity contribution < 1.29 is 4.79 Å². The third-order valence-electron chi connectivity index (χ3n) is 4.07. The molecule has 1 amide bonds. The first kappa shape index (κ1) is 19.3. The van der Waals surface area contributed by atoms with Crippen LogP contribution in [0.25, 0.3) is 5.69 Å². The van der Waals surface area contributed by atoms with Gasteiger partial charge in [-0.2, -0.15) is 5.10 Å². The Morgan fingerprint density at radius 2 is 1.85 bits per heavy atom. The molecule has 0 aliphatic heterocycles. The second-order valence-corrected chi connectivity index (χ2v) is 7.46. The van der Waals surface area contributed by atoms with Crippen molar-refractivity contribution in [1.29, 1.82) is 0 Å². The lowest BCUT2D eigenvalue weighted by atomic mass is 10.2. The summed E-state index contributed by atoms with van der Waals surface area (Å²) in [5.41, 5.74) is 6.50. The highest BCUT2D eigenvalue weighted by Crippen LogP contribution is 2.25. The normalized spacial score (nSPS) is 11.1. The number of carbonyl (C=O) groups is 1. The fraction of sp³-hybridized carbons (Fsp3) is 0.143. The van der Waals surface area contributed by atoms with E-state index in [9.17, 15) is 4.79 Å². The second kappa shape index (κ2) is 8.93. The lowest BCUT2D eigenvalue weighted by Gasteiger charge is -2.11. The van der Waals surface area contributed by atoms with Crippen LogP contribution in [0.1, 0.15) is 17.0 Å².